The molecular weight excluding hydrogens is 373 g/mol. The van der Waals surface area contributed by atoms with Gasteiger partial charge in [-0.05, 0) is 19.8 Å². The number of halogens is 3. The van der Waals surface area contributed by atoms with Crippen LogP contribution in [0.4, 0.5) is 13.2 Å². The number of hydrogen-bond acceptors (Lipinski definition) is 5. The Morgan fingerprint density at radius 2 is 1.96 bits per heavy atom. The Balaban J connectivity index is 2.18. The number of aliphatic carboxylic acids is 1. The first-order chi connectivity index (χ1) is 12.0. The topological polar surface area (TPSA) is 99.5 Å². The summed E-state index contributed by atoms with van der Waals surface area (Å²) >= 11 is 0.625. The van der Waals surface area contributed by atoms with Crippen molar-refractivity contribution in [1.29, 1.82) is 0 Å². The minimum Gasteiger partial charge on any atom is -0.481 e. The fourth-order valence-corrected chi connectivity index (χ4v) is 4.02. The summed E-state index contributed by atoms with van der Waals surface area (Å²) in [6.07, 6.45) is -3.44. The molecule has 3 atom stereocenters. The number of carbonyl (C=O) groups excluding carboxylic acids is 1. The van der Waals surface area contributed by atoms with E-state index in [0.717, 1.165) is 6.42 Å². The Labute approximate surface area is 152 Å². The van der Waals surface area contributed by atoms with Crippen LogP contribution in [-0.2, 0) is 15.2 Å². The van der Waals surface area contributed by atoms with Gasteiger partial charge in [-0.15, -0.1) is 11.3 Å². The van der Waals surface area contributed by atoms with Crippen LogP contribution >= 0.6 is 11.3 Å². The van der Waals surface area contributed by atoms with E-state index in [-0.39, 0.29) is 0 Å². The number of thiazole rings is 1. The van der Waals surface area contributed by atoms with E-state index >= 15 is 0 Å². The number of aliphatic hydroxyl groups is 1. The van der Waals surface area contributed by atoms with Crippen LogP contribution in [0.1, 0.15) is 49.2 Å². The predicted octanol–water partition coefficient (Wildman–Crippen LogP) is 2.74. The Hall–Kier alpha value is -1.68. The maximum atomic E-state index is 13.5. The molecule has 1 heterocycles. The second kappa shape index (κ2) is 7.91. The molecule has 0 bridgehead atoms. The zero-order chi connectivity index (χ0) is 19.5. The van der Waals surface area contributed by atoms with Crippen molar-refractivity contribution in [3.05, 3.63) is 16.1 Å². The zero-order valence-electron chi connectivity index (χ0n) is 14.2. The number of amides is 1. The van der Waals surface area contributed by atoms with Crippen molar-refractivity contribution in [3.63, 3.8) is 0 Å². The number of nitrogens with zero attached hydrogens (tertiary/aromatic N) is 1. The Kier molecular flexibility index (Phi) is 6.28. The number of aryl methyl sites for hydroxylation is 1. The second-order valence-electron chi connectivity index (χ2n) is 6.59. The summed E-state index contributed by atoms with van der Waals surface area (Å²) in [4.78, 5) is 27.3. The van der Waals surface area contributed by atoms with Crippen molar-refractivity contribution in [2.75, 3.05) is 0 Å². The maximum absolute atomic E-state index is 13.5. The molecule has 1 aromatic heterocycles. The number of carboxylic acid groups (broad SMARTS) is 1. The average molecular weight is 394 g/mol. The lowest BCUT2D eigenvalue weighted by molar-refractivity contribution is -0.267. The molecule has 10 heteroatoms. The SMILES string of the molecule is Cc1csc(C(O)(CC(=O)N[C@H]2CCCCC[C@H]2C(=O)O)C(F)(F)F)n1. The second-order valence-corrected chi connectivity index (χ2v) is 7.44. The van der Waals surface area contributed by atoms with Crippen molar-refractivity contribution >= 4 is 23.2 Å². The van der Waals surface area contributed by atoms with Gasteiger partial charge in [-0.25, -0.2) is 4.98 Å². The summed E-state index contributed by atoms with van der Waals surface area (Å²) in [5.41, 5.74) is -3.10. The molecule has 146 valence electrons. The van der Waals surface area contributed by atoms with Crippen molar-refractivity contribution < 1.29 is 33.0 Å². The third-order valence-corrected chi connectivity index (χ3v) is 5.65. The molecule has 0 saturated heterocycles. The third-order valence-electron chi connectivity index (χ3n) is 4.54. The number of carboxylic acids is 1. The van der Waals surface area contributed by atoms with E-state index in [1.165, 1.54) is 12.3 Å². The Morgan fingerprint density at radius 3 is 2.50 bits per heavy atom. The first kappa shape index (κ1) is 20.6. The van der Waals surface area contributed by atoms with Crippen molar-refractivity contribution in [2.24, 2.45) is 5.92 Å². The lowest BCUT2D eigenvalue weighted by Crippen LogP contribution is -2.49. The molecule has 0 spiro atoms. The fraction of sp³-hybridized carbons (Fsp3) is 0.688. The van der Waals surface area contributed by atoms with Crippen LogP contribution in [0.5, 0.6) is 0 Å². The van der Waals surface area contributed by atoms with Gasteiger partial charge < -0.3 is 15.5 Å². The highest BCUT2D eigenvalue weighted by Crippen LogP contribution is 2.42. The van der Waals surface area contributed by atoms with Gasteiger partial charge in [0.05, 0.1) is 12.3 Å². The van der Waals surface area contributed by atoms with Gasteiger partial charge in [0.2, 0.25) is 11.5 Å². The van der Waals surface area contributed by atoms with Crippen LogP contribution in [0.15, 0.2) is 5.38 Å². The minimum absolute atomic E-state index is 0.308. The maximum Gasteiger partial charge on any atom is 0.424 e. The van der Waals surface area contributed by atoms with E-state index in [9.17, 15) is 33.0 Å². The smallest absolute Gasteiger partial charge is 0.424 e. The highest BCUT2D eigenvalue weighted by Gasteiger charge is 2.58. The molecule has 0 aromatic carbocycles. The number of aromatic nitrogens is 1. The summed E-state index contributed by atoms with van der Waals surface area (Å²) in [7, 11) is 0. The van der Waals surface area contributed by atoms with Crippen molar-refractivity contribution in [3.8, 4) is 0 Å². The number of hydrogen-bond donors (Lipinski definition) is 3. The lowest BCUT2D eigenvalue weighted by Gasteiger charge is -2.29. The largest absolute Gasteiger partial charge is 0.481 e. The predicted molar refractivity (Wildman–Crippen MR) is 87.6 cm³/mol. The zero-order valence-corrected chi connectivity index (χ0v) is 15.0. The molecule has 1 aliphatic rings. The Bertz CT molecular complexity index is 664. The number of alkyl halides is 3. The summed E-state index contributed by atoms with van der Waals surface area (Å²) < 4.78 is 40.4. The highest BCUT2D eigenvalue weighted by atomic mass is 32.1. The summed E-state index contributed by atoms with van der Waals surface area (Å²) in [5, 5.41) is 22.7. The molecule has 1 fully saturated rings. The molecule has 1 amide bonds. The molecule has 6 nitrogen and oxygen atoms in total. The van der Waals surface area contributed by atoms with Crippen LogP contribution in [0.3, 0.4) is 0 Å². The first-order valence-electron chi connectivity index (χ1n) is 8.28. The van der Waals surface area contributed by atoms with E-state index in [2.05, 4.69) is 10.3 Å². The van der Waals surface area contributed by atoms with Gasteiger partial charge in [0.1, 0.15) is 5.01 Å². The molecule has 1 unspecified atom stereocenters. The van der Waals surface area contributed by atoms with Crippen LogP contribution in [-0.4, -0.2) is 39.3 Å². The summed E-state index contributed by atoms with van der Waals surface area (Å²) in [6.45, 7) is 1.49. The van der Waals surface area contributed by atoms with Crippen LogP contribution in [0, 0.1) is 12.8 Å². The molecule has 1 aliphatic carbocycles. The molecule has 0 radical (unpaired) electrons. The third kappa shape index (κ3) is 4.53. The molecule has 1 saturated carbocycles. The molecule has 1 aromatic rings. The van der Waals surface area contributed by atoms with Gasteiger partial charge in [-0.3, -0.25) is 9.59 Å². The number of nitrogens with one attached hydrogen (secondary N) is 1. The normalized spacial score (nSPS) is 23.7. The van der Waals surface area contributed by atoms with E-state index in [4.69, 9.17) is 0 Å². The van der Waals surface area contributed by atoms with E-state index in [1.54, 1.807) is 0 Å². The van der Waals surface area contributed by atoms with Crippen LogP contribution < -0.4 is 5.32 Å². The lowest BCUT2D eigenvalue weighted by atomic mass is 9.93. The number of carbonyl (C=O) groups is 2. The van der Waals surface area contributed by atoms with Gasteiger partial charge in [-0.2, -0.15) is 13.2 Å². The number of rotatable bonds is 5. The molecule has 2 rings (SSSR count). The van der Waals surface area contributed by atoms with Gasteiger partial charge in [-0.1, -0.05) is 19.3 Å². The van der Waals surface area contributed by atoms with Crippen LogP contribution in [0.25, 0.3) is 0 Å². The van der Waals surface area contributed by atoms with Crippen molar-refractivity contribution in [2.45, 2.75) is 63.3 Å². The van der Waals surface area contributed by atoms with E-state index in [0.29, 0.717) is 42.7 Å². The molecule has 0 aliphatic heterocycles. The van der Waals surface area contributed by atoms with Gasteiger partial charge >= 0.3 is 12.1 Å². The van der Waals surface area contributed by atoms with Crippen LogP contribution in [0.2, 0.25) is 0 Å². The molecule has 3 N–H and O–H groups in total. The quantitative estimate of drug-likeness (QED) is 0.667. The molecular formula is C16H21F3N2O4S. The first-order valence-corrected chi connectivity index (χ1v) is 9.16. The van der Waals surface area contributed by atoms with Crippen molar-refractivity contribution in [1.82, 2.24) is 10.3 Å². The van der Waals surface area contributed by atoms with E-state index < -0.39 is 47.0 Å². The Morgan fingerprint density at radius 1 is 1.31 bits per heavy atom. The molecule has 26 heavy (non-hydrogen) atoms. The van der Waals surface area contributed by atoms with E-state index in [1.807, 2.05) is 0 Å². The summed E-state index contributed by atoms with van der Waals surface area (Å²) in [6, 6.07) is -0.752. The highest BCUT2D eigenvalue weighted by molar-refractivity contribution is 7.09. The van der Waals surface area contributed by atoms with Gasteiger partial charge in [0.15, 0.2) is 0 Å². The van der Waals surface area contributed by atoms with Gasteiger partial charge in [0.25, 0.3) is 0 Å². The minimum atomic E-state index is -5.09. The summed E-state index contributed by atoms with van der Waals surface area (Å²) in [5.74, 6) is -2.97. The monoisotopic (exact) mass is 394 g/mol. The average Bonchev–Trinajstić information content (AvgIpc) is 2.82. The fourth-order valence-electron chi connectivity index (χ4n) is 3.11. The van der Waals surface area contributed by atoms with Gasteiger partial charge in [0, 0.05) is 17.1 Å². The standard InChI is InChI=1S/C16H21F3N2O4S/c1-9-8-26-14(20-9)15(25,16(17,18)19)7-12(22)21-11-6-4-2-3-5-10(11)13(23)24/h8,10-11,25H,2-7H2,1H3,(H,21,22)(H,23,24)/t10-,11+,15?/m1/s1.